The van der Waals surface area contributed by atoms with E-state index in [2.05, 4.69) is 15.9 Å². The lowest BCUT2D eigenvalue weighted by Gasteiger charge is -2.26. The van der Waals surface area contributed by atoms with E-state index < -0.39 is 17.7 Å². The van der Waals surface area contributed by atoms with Crippen LogP contribution in [0.1, 0.15) is 36.1 Å². The molecule has 0 bridgehead atoms. The van der Waals surface area contributed by atoms with Crippen LogP contribution < -0.4 is 0 Å². The lowest BCUT2D eigenvalue weighted by Crippen LogP contribution is -2.30. The number of hydrogen-bond donors (Lipinski definition) is 1. The molecule has 2 aromatic rings. The van der Waals surface area contributed by atoms with Crippen molar-refractivity contribution >= 4 is 33.4 Å². The number of aliphatic hydroxyl groups excluding tert-OH is 1. The van der Waals surface area contributed by atoms with Crippen molar-refractivity contribution in [1.29, 1.82) is 0 Å². The monoisotopic (exact) mass is 413 g/mol. The third kappa shape index (κ3) is 3.19. The average molecular weight is 414 g/mol. The van der Waals surface area contributed by atoms with Crippen LogP contribution in [0.3, 0.4) is 0 Å². The minimum Gasteiger partial charge on any atom is -0.507 e. The van der Waals surface area contributed by atoms with Crippen LogP contribution in [-0.2, 0) is 9.59 Å². The summed E-state index contributed by atoms with van der Waals surface area (Å²) in [5, 5.41) is 10.9. The molecule has 134 valence electrons. The normalized spacial score (nSPS) is 19.2. The van der Waals surface area contributed by atoms with Gasteiger partial charge in [-0.25, -0.2) is 0 Å². The van der Waals surface area contributed by atoms with Crippen LogP contribution in [-0.4, -0.2) is 28.2 Å². The van der Waals surface area contributed by atoms with Crippen molar-refractivity contribution in [2.75, 3.05) is 6.54 Å². The van der Waals surface area contributed by atoms with E-state index in [1.54, 1.807) is 29.2 Å². The number of aliphatic hydroxyl groups is 1. The Morgan fingerprint density at radius 1 is 1.12 bits per heavy atom. The average Bonchev–Trinajstić information content (AvgIpc) is 2.87. The van der Waals surface area contributed by atoms with Gasteiger partial charge in [-0.05, 0) is 36.6 Å². The van der Waals surface area contributed by atoms with Crippen molar-refractivity contribution in [3.05, 3.63) is 75.3 Å². The van der Waals surface area contributed by atoms with Crippen molar-refractivity contribution in [3.63, 3.8) is 0 Å². The maximum absolute atomic E-state index is 12.7. The van der Waals surface area contributed by atoms with Gasteiger partial charge in [0.2, 0.25) is 0 Å². The molecule has 0 radical (unpaired) electrons. The minimum atomic E-state index is -0.632. The highest BCUT2D eigenvalue weighted by molar-refractivity contribution is 9.10. The summed E-state index contributed by atoms with van der Waals surface area (Å²) in [5.74, 6) is -1.33. The molecule has 1 fully saturated rings. The molecule has 0 aromatic heterocycles. The van der Waals surface area contributed by atoms with Crippen molar-refractivity contribution in [1.82, 2.24) is 4.90 Å². The van der Waals surface area contributed by atoms with Crippen molar-refractivity contribution < 1.29 is 14.7 Å². The molecule has 1 N–H and O–H groups in total. The van der Waals surface area contributed by atoms with Crippen molar-refractivity contribution in [3.8, 4) is 0 Å². The Balaban J connectivity index is 2.21. The van der Waals surface area contributed by atoms with E-state index in [0.29, 0.717) is 12.1 Å². The number of carbonyl (C=O) groups is 2. The molecule has 0 spiro atoms. The highest BCUT2D eigenvalue weighted by Crippen LogP contribution is 2.40. The first-order valence-corrected chi connectivity index (χ1v) is 9.35. The van der Waals surface area contributed by atoms with Crippen molar-refractivity contribution in [2.24, 2.45) is 0 Å². The molecule has 1 heterocycles. The Morgan fingerprint density at radius 2 is 1.77 bits per heavy atom. The topological polar surface area (TPSA) is 57.6 Å². The van der Waals surface area contributed by atoms with E-state index in [9.17, 15) is 14.7 Å². The highest BCUT2D eigenvalue weighted by Gasteiger charge is 2.45. The fourth-order valence-electron chi connectivity index (χ4n) is 3.33. The van der Waals surface area contributed by atoms with Gasteiger partial charge in [-0.2, -0.15) is 0 Å². The molecule has 0 aliphatic carbocycles. The number of nitrogens with zero attached hydrogens (tertiary/aromatic N) is 1. The number of aryl methyl sites for hydroxylation is 1. The second kappa shape index (κ2) is 7.46. The first kappa shape index (κ1) is 18.4. The van der Waals surface area contributed by atoms with E-state index >= 15 is 0 Å². The van der Waals surface area contributed by atoms with Gasteiger partial charge < -0.3 is 10.0 Å². The molecule has 1 amide bonds. The number of halogens is 1. The molecule has 3 rings (SSSR count). The summed E-state index contributed by atoms with van der Waals surface area (Å²) in [6.45, 7) is 4.37. The van der Waals surface area contributed by atoms with Gasteiger partial charge >= 0.3 is 0 Å². The summed E-state index contributed by atoms with van der Waals surface area (Å²) in [5.41, 5.74) is 2.50. The number of rotatable bonds is 4. The lowest BCUT2D eigenvalue weighted by molar-refractivity contribution is -0.139. The predicted octanol–water partition coefficient (Wildman–Crippen LogP) is 4.59. The van der Waals surface area contributed by atoms with Crippen LogP contribution in [0.15, 0.2) is 58.6 Å². The Labute approximate surface area is 161 Å². The van der Waals surface area contributed by atoms with Crippen LogP contribution in [0.2, 0.25) is 0 Å². The van der Waals surface area contributed by atoms with Gasteiger partial charge in [-0.15, -0.1) is 0 Å². The third-order valence-corrected chi connectivity index (χ3v) is 5.13. The van der Waals surface area contributed by atoms with Gasteiger partial charge in [0, 0.05) is 16.6 Å². The summed E-state index contributed by atoms with van der Waals surface area (Å²) in [4.78, 5) is 26.9. The molecule has 0 saturated carbocycles. The van der Waals surface area contributed by atoms with E-state index in [-0.39, 0.29) is 11.3 Å². The largest absolute Gasteiger partial charge is 0.507 e. The summed E-state index contributed by atoms with van der Waals surface area (Å²) in [6, 6.07) is 14.1. The fourth-order valence-corrected chi connectivity index (χ4v) is 3.60. The van der Waals surface area contributed by atoms with Gasteiger partial charge in [0.15, 0.2) is 0 Å². The number of Topliss-reactive ketones (excluding diaryl/α,β-unsaturated/α-hetero) is 1. The van der Waals surface area contributed by atoms with Crippen LogP contribution in [0, 0.1) is 6.92 Å². The SMILES string of the molecule is CCCN1C(=O)C(=O)/C(=C(\O)c2ccc(Br)cc2)C1c1ccccc1C. The minimum absolute atomic E-state index is 0.136. The molecule has 4 nitrogen and oxygen atoms in total. The Hall–Kier alpha value is -2.40. The highest BCUT2D eigenvalue weighted by atomic mass is 79.9. The first-order chi connectivity index (χ1) is 12.5. The van der Waals surface area contributed by atoms with Crippen LogP contribution in [0.5, 0.6) is 0 Å². The molecule has 1 aliphatic rings. The van der Waals surface area contributed by atoms with E-state index in [1.165, 1.54) is 0 Å². The number of amides is 1. The van der Waals surface area contributed by atoms with Crippen LogP contribution in [0.4, 0.5) is 0 Å². The van der Waals surface area contributed by atoms with E-state index in [1.807, 2.05) is 38.1 Å². The van der Waals surface area contributed by atoms with E-state index in [4.69, 9.17) is 0 Å². The third-order valence-electron chi connectivity index (χ3n) is 4.61. The summed E-state index contributed by atoms with van der Waals surface area (Å²) < 4.78 is 0.871. The predicted molar refractivity (Wildman–Crippen MR) is 105 cm³/mol. The zero-order valence-corrected chi connectivity index (χ0v) is 16.3. The molecule has 1 aliphatic heterocycles. The van der Waals surface area contributed by atoms with Gasteiger partial charge in [0.05, 0.1) is 11.6 Å². The molecular weight excluding hydrogens is 394 g/mol. The number of hydrogen-bond acceptors (Lipinski definition) is 3. The second-order valence-corrected chi connectivity index (χ2v) is 7.27. The van der Waals surface area contributed by atoms with Crippen LogP contribution in [0.25, 0.3) is 5.76 Å². The standard InChI is InChI=1S/C21H20BrNO3/c1-3-12-23-18(16-7-5-4-6-13(16)2)17(20(25)21(23)26)19(24)14-8-10-15(22)11-9-14/h4-11,18,24H,3,12H2,1-2H3/b19-17-. The summed E-state index contributed by atoms with van der Waals surface area (Å²) >= 11 is 3.36. The maximum Gasteiger partial charge on any atom is 0.295 e. The lowest BCUT2D eigenvalue weighted by atomic mass is 9.92. The first-order valence-electron chi connectivity index (χ1n) is 8.55. The Kier molecular flexibility index (Phi) is 5.28. The Bertz CT molecular complexity index is 886. The summed E-state index contributed by atoms with van der Waals surface area (Å²) in [6.07, 6.45) is 0.730. The Morgan fingerprint density at radius 3 is 2.38 bits per heavy atom. The van der Waals surface area contributed by atoms with Gasteiger partial charge in [-0.3, -0.25) is 9.59 Å². The zero-order chi connectivity index (χ0) is 18.8. The second-order valence-electron chi connectivity index (χ2n) is 6.36. The smallest absolute Gasteiger partial charge is 0.295 e. The molecule has 5 heteroatoms. The van der Waals surface area contributed by atoms with Gasteiger partial charge in [0.25, 0.3) is 11.7 Å². The van der Waals surface area contributed by atoms with Gasteiger partial charge in [0.1, 0.15) is 5.76 Å². The maximum atomic E-state index is 12.7. The number of likely N-dealkylation sites (tertiary alicyclic amines) is 1. The number of ketones is 1. The fraction of sp³-hybridized carbons (Fsp3) is 0.238. The summed E-state index contributed by atoms with van der Waals surface area (Å²) in [7, 11) is 0. The molecular formula is C21H20BrNO3. The number of benzene rings is 2. The quantitative estimate of drug-likeness (QED) is 0.452. The molecule has 26 heavy (non-hydrogen) atoms. The molecule has 1 saturated heterocycles. The molecule has 1 atom stereocenters. The van der Waals surface area contributed by atoms with Gasteiger partial charge in [-0.1, -0.05) is 59.3 Å². The zero-order valence-electron chi connectivity index (χ0n) is 14.7. The molecule has 2 aromatic carbocycles. The number of carbonyl (C=O) groups excluding carboxylic acids is 2. The van der Waals surface area contributed by atoms with E-state index in [0.717, 1.165) is 22.0 Å². The molecule has 1 unspecified atom stereocenters. The van der Waals surface area contributed by atoms with Crippen LogP contribution >= 0.6 is 15.9 Å². The van der Waals surface area contributed by atoms with Crippen molar-refractivity contribution in [2.45, 2.75) is 26.3 Å².